The van der Waals surface area contributed by atoms with Gasteiger partial charge < -0.3 is 5.32 Å². The number of rotatable bonds is 3. The zero-order chi connectivity index (χ0) is 14.3. The molecule has 19 heavy (non-hydrogen) atoms. The Hall–Kier alpha value is -0.900. The van der Waals surface area contributed by atoms with Gasteiger partial charge in [0.25, 0.3) is 0 Å². The van der Waals surface area contributed by atoms with Crippen molar-refractivity contribution in [2.75, 3.05) is 19.6 Å². The van der Waals surface area contributed by atoms with E-state index in [-0.39, 0.29) is 23.1 Å². The van der Waals surface area contributed by atoms with Crippen molar-refractivity contribution in [1.29, 1.82) is 0 Å². The van der Waals surface area contributed by atoms with E-state index in [2.05, 4.69) is 12.2 Å². The predicted molar refractivity (Wildman–Crippen MR) is 74.5 cm³/mol. The average Bonchev–Trinajstić information content (AvgIpc) is 2.55. The Kier molecular flexibility index (Phi) is 3.74. The Balaban J connectivity index is 2.13. The van der Waals surface area contributed by atoms with E-state index in [9.17, 15) is 9.59 Å². The first-order chi connectivity index (χ1) is 8.78. The van der Waals surface area contributed by atoms with Crippen molar-refractivity contribution in [2.45, 2.75) is 47.0 Å². The van der Waals surface area contributed by atoms with E-state index >= 15 is 0 Å². The third-order valence-corrected chi connectivity index (χ3v) is 5.05. The van der Waals surface area contributed by atoms with Crippen LogP contribution in [-0.2, 0) is 9.59 Å². The molecule has 4 heteroatoms. The van der Waals surface area contributed by atoms with Crippen molar-refractivity contribution in [3.05, 3.63) is 0 Å². The molecular weight excluding hydrogens is 240 g/mol. The van der Waals surface area contributed by atoms with E-state index in [1.165, 1.54) is 4.90 Å². The van der Waals surface area contributed by atoms with Crippen molar-refractivity contribution in [3.8, 4) is 0 Å². The molecule has 2 atom stereocenters. The average molecular weight is 266 g/mol. The van der Waals surface area contributed by atoms with Crippen LogP contribution in [0.25, 0.3) is 0 Å². The molecule has 0 radical (unpaired) electrons. The zero-order valence-electron chi connectivity index (χ0n) is 12.6. The van der Waals surface area contributed by atoms with Gasteiger partial charge in [0.1, 0.15) is 0 Å². The first-order valence-electron chi connectivity index (χ1n) is 7.34. The van der Waals surface area contributed by atoms with E-state index in [0.717, 1.165) is 25.9 Å². The molecule has 2 rings (SSSR count). The molecule has 108 valence electrons. The van der Waals surface area contributed by atoms with Gasteiger partial charge >= 0.3 is 0 Å². The van der Waals surface area contributed by atoms with Crippen LogP contribution in [0, 0.1) is 16.7 Å². The molecule has 4 nitrogen and oxygen atoms in total. The number of likely N-dealkylation sites (tertiary alicyclic amines) is 1. The fraction of sp³-hybridized carbons (Fsp3) is 0.867. The SMILES string of the molecule is CC(C)C1(C)CC(=O)N(CC2(C)CCCNC2)C1=O. The summed E-state index contributed by atoms with van der Waals surface area (Å²) in [5.41, 5.74) is -0.471. The molecule has 0 aromatic heterocycles. The van der Waals surface area contributed by atoms with Crippen LogP contribution in [0.15, 0.2) is 0 Å². The van der Waals surface area contributed by atoms with E-state index in [0.29, 0.717) is 13.0 Å². The van der Waals surface area contributed by atoms with Crippen molar-refractivity contribution < 1.29 is 9.59 Å². The molecule has 0 aromatic carbocycles. The Labute approximate surface area is 115 Å². The van der Waals surface area contributed by atoms with E-state index in [4.69, 9.17) is 0 Å². The minimum atomic E-state index is -0.504. The minimum Gasteiger partial charge on any atom is -0.316 e. The lowest BCUT2D eigenvalue weighted by Gasteiger charge is -2.37. The van der Waals surface area contributed by atoms with Gasteiger partial charge in [-0.3, -0.25) is 14.5 Å². The highest BCUT2D eigenvalue weighted by molar-refractivity contribution is 6.05. The molecule has 0 bridgehead atoms. The maximum absolute atomic E-state index is 12.6. The molecule has 2 saturated heterocycles. The number of carbonyl (C=O) groups is 2. The molecule has 2 aliphatic heterocycles. The lowest BCUT2D eigenvalue weighted by molar-refractivity contribution is -0.144. The largest absolute Gasteiger partial charge is 0.316 e. The number of carbonyl (C=O) groups excluding carboxylic acids is 2. The van der Waals surface area contributed by atoms with Crippen LogP contribution >= 0.6 is 0 Å². The van der Waals surface area contributed by atoms with Gasteiger partial charge in [-0.15, -0.1) is 0 Å². The summed E-state index contributed by atoms with van der Waals surface area (Å²) in [5.74, 6) is 0.235. The highest BCUT2D eigenvalue weighted by Gasteiger charge is 2.51. The Morgan fingerprint density at radius 1 is 1.32 bits per heavy atom. The topological polar surface area (TPSA) is 49.4 Å². The van der Waals surface area contributed by atoms with Crippen LogP contribution < -0.4 is 5.32 Å². The highest BCUT2D eigenvalue weighted by atomic mass is 16.2. The summed E-state index contributed by atoms with van der Waals surface area (Å²) in [4.78, 5) is 26.3. The van der Waals surface area contributed by atoms with E-state index in [1.807, 2.05) is 20.8 Å². The third-order valence-electron chi connectivity index (χ3n) is 5.05. The molecule has 1 N–H and O–H groups in total. The molecule has 0 aliphatic carbocycles. The Morgan fingerprint density at radius 2 is 2.00 bits per heavy atom. The standard InChI is InChI=1S/C15H26N2O2/c1-11(2)15(4)8-12(18)17(13(15)19)10-14(3)6-5-7-16-9-14/h11,16H,5-10H2,1-4H3. The molecule has 0 spiro atoms. The van der Waals surface area contributed by atoms with Crippen LogP contribution in [0.5, 0.6) is 0 Å². The third kappa shape index (κ3) is 2.55. The van der Waals surface area contributed by atoms with Crippen molar-refractivity contribution in [3.63, 3.8) is 0 Å². The molecule has 2 fully saturated rings. The molecular formula is C15H26N2O2. The van der Waals surface area contributed by atoms with Gasteiger partial charge in [-0.05, 0) is 37.6 Å². The monoisotopic (exact) mass is 266 g/mol. The smallest absolute Gasteiger partial charge is 0.235 e. The summed E-state index contributed by atoms with van der Waals surface area (Å²) in [5, 5.41) is 3.37. The molecule has 2 heterocycles. The second kappa shape index (κ2) is 4.89. The summed E-state index contributed by atoms with van der Waals surface area (Å²) in [6.07, 6.45) is 2.57. The fourth-order valence-electron chi connectivity index (χ4n) is 3.15. The first kappa shape index (κ1) is 14.5. The lowest BCUT2D eigenvalue weighted by atomic mass is 9.77. The van der Waals surface area contributed by atoms with Crippen molar-refractivity contribution in [2.24, 2.45) is 16.7 Å². The summed E-state index contributed by atoms with van der Waals surface area (Å²) in [7, 11) is 0. The Bertz CT molecular complexity index is 386. The first-order valence-corrected chi connectivity index (χ1v) is 7.34. The normalized spacial score (nSPS) is 36.4. The number of nitrogens with one attached hydrogen (secondary N) is 1. The molecule has 0 aromatic rings. The number of amides is 2. The van der Waals surface area contributed by atoms with Gasteiger partial charge in [0, 0.05) is 19.5 Å². The maximum Gasteiger partial charge on any atom is 0.235 e. The van der Waals surface area contributed by atoms with Gasteiger partial charge in [0.05, 0.1) is 5.41 Å². The van der Waals surface area contributed by atoms with Gasteiger partial charge in [0.2, 0.25) is 11.8 Å². The zero-order valence-corrected chi connectivity index (χ0v) is 12.6. The molecule has 0 saturated carbocycles. The van der Waals surface area contributed by atoms with Gasteiger partial charge in [-0.1, -0.05) is 20.8 Å². The number of hydrogen-bond acceptors (Lipinski definition) is 3. The number of piperidine rings is 1. The van der Waals surface area contributed by atoms with E-state index < -0.39 is 5.41 Å². The number of imide groups is 1. The molecule has 2 aliphatic rings. The van der Waals surface area contributed by atoms with Gasteiger partial charge in [0.15, 0.2) is 0 Å². The summed E-state index contributed by atoms with van der Waals surface area (Å²) in [6.45, 7) is 10.7. The van der Waals surface area contributed by atoms with Crippen LogP contribution in [0.4, 0.5) is 0 Å². The number of hydrogen-bond donors (Lipinski definition) is 1. The second-order valence-electron chi connectivity index (χ2n) is 7.12. The molecule has 2 unspecified atom stereocenters. The Morgan fingerprint density at radius 3 is 2.47 bits per heavy atom. The fourth-order valence-corrected chi connectivity index (χ4v) is 3.15. The summed E-state index contributed by atoms with van der Waals surface area (Å²) in [6, 6.07) is 0. The lowest BCUT2D eigenvalue weighted by Crippen LogP contribution is -2.48. The highest BCUT2D eigenvalue weighted by Crippen LogP contribution is 2.41. The second-order valence-corrected chi connectivity index (χ2v) is 7.12. The van der Waals surface area contributed by atoms with Crippen LogP contribution in [0.3, 0.4) is 0 Å². The van der Waals surface area contributed by atoms with Gasteiger partial charge in [-0.25, -0.2) is 0 Å². The summed E-state index contributed by atoms with van der Waals surface area (Å²) < 4.78 is 0. The molecule has 2 amide bonds. The predicted octanol–water partition coefficient (Wildman–Crippen LogP) is 1.80. The van der Waals surface area contributed by atoms with Crippen molar-refractivity contribution in [1.82, 2.24) is 10.2 Å². The maximum atomic E-state index is 12.6. The van der Waals surface area contributed by atoms with Crippen LogP contribution in [-0.4, -0.2) is 36.3 Å². The number of nitrogens with zero attached hydrogens (tertiary/aromatic N) is 1. The summed E-state index contributed by atoms with van der Waals surface area (Å²) >= 11 is 0. The van der Waals surface area contributed by atoms with Crippen LogP contribution in [0.1, 0.15) is 47.0 Å². The quantitative estimate of drug-likeness (QED) is 0.792. The van der Waals surface area contributed by atoms with Gasteiger partial charge in [-0.2, -0.15) is 0 Å². The minimum absolute atomic E-state index is 0.00741. The van der Waals surface area contributed by atoms with E-state index in [1.54, 1.807) is 0 Å². The van der Waals surface area contributed by atoms with Crippen LogP contribution in [0.2, 0.25) is 0 Å². The van der Waals surface area contributed by atoms with Crippen molar-refractivity contribution >= 4 is 11.8 Å².